The number of hydrogen-bond donors (Lipinski definition) is 1. The molecule has 1 aromatic rings. The Bertz CT molecular complexity index is 515. The second-order valence-electron chi connectivity index (χ2n) is 5.86. The van der Waals surface area contributed by atoms with E-state index < -0.39 is 0 Å². The molecule has 0 bridgehead atoms. The fraction of sp³-hybridized carbons (Fsp3) is 0.533. The molecule has 1 atom stereocenters. The molecule has 0 saturated carbocycles. The van der Waals surface area contributed by atoms with Gasteiger partial charge in [0, 0.05) is 30.6 Å². The molecule has 1 N–H and O–H groups in total. The Morgan fingerprint density at radius 1 is 1.40 bits per heavy atom. The number of carbonyl (C=O) groups excluding carboxylic acids is 1. The maximum absolute atomic E-state index is 13.3. The van der Waals surface area contributed by atoms with Crippen LogP contribution in [-0.2, 0) is 0 Å². The summed E-state index contributed by atoms with van der Waals surface area (Å²) in [6, 6.07) is 4.43. The molecule has 0 radical (unpaired) electrons. The third-order valence-electron chi connectivity index (χ3n) is 4.49. The van der Waals surface area contributed by atoms with Gasteiger partial charge in [-0.25, -0.2) is 4.39 Å². The maximum atomic E-state index is 13.3. The number of nitrogens with one attached hydrogen (secondary N) is 1. The van der Waals surface area contributed by atoms with E-state index >= 15 is 0 Å². The summed E-state index contributed by atoms with van der Waals surface area (Å²) >= 11 is 0. The Hall–Kier alpha value is -1.13. The molecule has 3 nitrogen and oxygen atoms in total. The van der Waals surface area contributed by atoms with Crippen LogP contribution < -0.4 is 5.32 Å². The Labute approximate surface area is 124 Å². The summed E-state index contributed by atoms with van der Waals surface area (Å²) in [5.41, 5.74) is 1.61. The van der Waals surface area contributed by atoms with Crippen LogP contribution >= 0.6 is 12.4 Å². The van der Waals surface area contributed by atoms with Crippen LogP contribution in [0.5, 0.6) is 0 Å². The zero-order chi connectivity index (χ0) is 13.5. The van der Waals surface area contributed by atoms with E-state index in [-0.39, 0.29) is 29.5 Å². The van der Waals surface area contributed by atoms with E-state index in [1.54, 1.807) is 6.07 Å². The fourth-order valence-corrected chi connectivity index (χ4v) is 3.25. The van der Waals surface area contributed by atoms with Gasteiger partial charge in [0.15, 0.2) is 0 Å². The van der Waals surface area contributed by atoms with E-state index in [2.05, 4.69) is 5.32 Å². The largest absolute Gasteiger partial charge is 0.338 e. The highest BCUT2D eigenvalue weighted by atomic mass is 35.5. The van der Waals surface area contributed by atoms with E-state index in [9.17, 15) is 9.18 Å². The molecular weight excluding hydrogens is 279 g/mol. The lowest BCUT2D eigenvalue weighted by atomic mass is 9.86. The Morgan fingerprint density at radius 2 is 2.20 bits per heavy atom. The van der Waals surface area contributed by atoms with Gasteiger partial charge in [0.2, 0.25) is 0 Å². The molecule has 5 heteroatoms. The molecule has 0 aromatic heterocycles. The van der Waals surface area contributed by atoms with E-state index in [0.717, 1.165) is 44.6 Å². The number of amides is 1. The number of aryl methyl sites for hydroxylation is 1. The molecule has 2 saturated heterocycles. The quantitative estimate of drug-likeness (QED) is 0.863. The monoisotopic (exact) mass is 298 g/mol. The number of hydrogen-bond acceptors (Lipinski definition) is 2. The standard InChI is InChI=1S/C15H19FN2O.ClH/c1-11-2-3-12(16)8-13(11)14(19)18-7-5-15(10-18)4-6-17-9-15;/h2-3,8,17H,4-7,9-10H2,1H3;1H. The van der Waals surface area contributed by atoms with Crippen molar-refractivity contribution < 1.29 is 9.18 Å². The maximum Gasteiger partial charge on any atom is 0.254 e. The van der Waals surface area contributed by atoms with Crippen molar-refractivity contribution in [2.24, 2.45) is 5.41 Å². The van der Waals surface area contributed by atoms with Crippen LogP contribution in [0.2, 0.25) is 0 Å². The predicted octanol–water partition coefficient (Wildman–Crippen LogP) is 2.38. The van der Waals surface area contributed by atoms with Crippen molar-refractivity contribution in [1.82, 2.24) is 10.2 Å². The Balaban J connectivity index is 0.00000147. The summed E-state index contributed by atoms with van der Waals surface area (Å²) in [5, 5.41) is 3.38. The van der Waals surface area contributed by atoms with Crippen LogP contribution in [0.3, 0.4) is 0 Å². The number of halogens is 2. The lowest BCUT2D eigenvalue weighted by Crippen LogP contribution is -2.33. The van der Waals surface area contributed by atoms with Crippen LogP contribution in [0.15, 0.2) is 18.2 Å². The van der Waals surface area contributed by atoms with Crippen LogP contribution in [0.4, 0.5) is 4.39 Å². The summed E-state index contributed by atoms with van der Waals surface area (Å²) in [4.78, 5) is 14.4. The second-order valence-corrected chi connectivity index (χ2v) is 5.86. The summed E-state index contributed by atoms with van der Waals surface area (Å²) in [7, 11) is 0. The number of rotatable bonds is 1. The SMILES string of the molecule is Cc1ccc(F)cc1C(=O)N1CCC2(CCNC2)C1.Cl. The molecule has 3 rings (SSSR count). The van der Waals surface area contributed by atoms with Gasteiger partial charge in [-0.1, -0.05) is 6.07 Å². The zero-order valence-electron chi connectivity index (χ0n) is 11.6. The molecule has 20 heavy (non-hydrogen) atoms. The molecule has 1 aromatic carbocycles. The smallest absolute Gasteiger partial charge is 0.254 e. The first-order valence-corrected chi connectivity index (χ1v) is 6.86. The van der Waals surface area contributed by atoms with Gasteiger partial charge < -0.3 is 10.2 Å². The van der Waals surface area contributed by atoms with Crippen molar-refractivity contribution in [2.45, 2.75) is 19.8 Å². The van der Waals surface area contributed by atoms with Gasteiger partial charge in [-0.3, -0.25) is 4.79 Å². The van der Waals surface area contributed by atoms with Gasteiger partial charge in [-0.05, 0) is 44.0 Å². The van der Waals surface area contributed by atoms with Crippen molar-refractivity contribution in [3.05, 3.63) is 35.1 Å². The van der Waals surface area contributed by atoms with Gasteiger partial charge in [0.25, 0.3) is 5.91 Å². The van der Waals surface area contributed by atoms with Gasteiger partial charge in [-0.15, -0.1) is 12.4 Å². The molecule has 2 heterocycles. The van der Waals surface area contributed by atoms with Crippen molar-refractivity contribution in [2.75, 3.05) is 26.2 Å². The van der Waals surface area contributed by atoms with Gasteiger partial charge in [0.1, 0.15) is 5.82 Å². The molecule has 1 unspecified atom stereocenters. The molecule has 2 aliphatic rings. The lowest BCUT2D eigenvalue weighted by Gasteiger charge is -2.23. The lowest BCUT2D eigenvalue weighted by molar-refractivity contribution is 0.0774. The molecular formula is C15H20ClFN2O. The minimum atomic E-state index is -0.342. The summed E-state index contributed by atoms with van der Waals surface area (Å²) < 4.78 is 13.3. The van der Waals surface area contributed by atoms with E-state index in [1.165, 1.54) is 12.1 Å². The Kier molecular flexibility index (Phi) is 4.35. The minimum Gasteiger partial charge on any atom is -0.338 e. The van der Waals surface area contributed by atoms with Crippen LogP contribution in [0.1, 0.15) is 28.8 Å². The van der Waals surface area contributed by atoms with Gasteiger partial charge in [0.05, 0.1) is 0 Å². The summed E-state index contributed by atoms with van der Waals surface area (Å²) in [6.07, 6.45) is 2.19. The van der Waals surface area contributed by atoms with Gasteiger partial charge in [-0.2, -0.15) is 0 Å². The Morgan fingerprint density at radius 3 is 2.90 bits per heavy atom. The zero-order valence-corrected chi connectivity index (χ0v) is 12.4. The molecule has 110 valence electrons. The van der Waals surface area contributed by atoms with Crippen molar-refractivity contribution in [3.63, 3.8) is 0 Å². The average molecular weight is 299 g/mol. The second kappa shape index (κ2) is 5.70. The first kappa shape index (κ1) is 15.3. The minimum absolute atomic E-state index is 0. The summed E-state index contributed by atoms with van der Waals surface area (Å²) in [5.74, 6) is -0.369. The van der Waals surface area contributed by atoms with E-state index in [0.29, 0.717) is 5.56 Å². The molecule has 2 aliphatic heterocycles. The average Bonchev–Trinajstić information content (AvgIpc) is 3.03. The van der Waals surface area contributed by atoms with Crippen molar-refractivity contribution in [3.8, 4) is 0 Å². The van der Waals surface area contributed by atoms with Gasteiger partial charge >= 0.3 is 0 Å². The highest BCUT2D eigenvalue weighted by molar-refractivity contribution is 5.95. The highest BCUT2D eigenvalue weighted by Gasteiger charge is 2.42. The number of nitrogens with zero attached hydrogens (tertiary/aromatic N) is 1. The first-order chi connectivity index (χ1) is 9.10. The van der Waals surface area contributed by atoms with E-state index in [4.69, 9.17) is 0 Å². The van der Waals surface area contributed by atoms with E-state index in [1.807, 2.05) is 11.8 Å². The van der Waals surface area contributed by atoms with Crippen molar-refractivity contribution >= 4 is 18.3 Å². The van der Waals surface area contributed by atoms with Crippen molar-refractivity contribution in [1.29, 1.82) is 0 Å². The molecule has 1 amide bonds. The topological polar surface area (TPSA) is 32.3 Å². The third-order valence-corrected chi connectivity index (χ3v) is 4.49. The van der Waals surface area contributed by atoms with Crippen LogP contribution in [-0.4, -0.2) is 37.0 Å². The number of likely N-dealkylation sites (tertiary alicyclic amines) is 1. The number of carbonyl (C=O) groups is 1. The molecule has 2 fully saturated rings. The first-order valence-electron chi connectivity index (χ1n) is 6.86. The molecule has 1 spiro atoms. The normalized spacial score (nSPS) is 25.0. The molecule has 0 aliphatic carbocycles. The third kappa shape index (κ3) is 2.67. The number of benzene rings is 1. The fourth-order valence-electron chi connectivity index (χ4n) is 3.25. The predicted molar refractivity (Wildman–Crippen MR) is 78.8 cm³/mol. The highest BCUT2D eigenvalue weighted by Crippen LogP contribution is 2.36. The van der Waals surface area contributed by atoms with Crippen LogP contribution in [0, 0.1) is 18.2 Å². The summed E-state index contributed by atoms with van der Waals surface area (Å²) in [6.45, 7) is 5.49. The van der Waals surface area contributed by atoms with Crippen LogP contribution in [0.25, 0.3) is 0 Å².